The van der Waals surface area contributed by atoms with Crippen LogP contribution in [0, 0.1) is 5.92 Å². The minimum atomic E-state index is 0. The van der Waals surface area contributed by atoms with Crippen molar-refractivity contribution in [2.24, 2.45) is 5.92 Å². The van der Waals surface area contributed by atoms with Crippen LogP contribution >= 0.6 is 24.8 Å². The first kappa shape index (κ1) is 20.0. The van der Waals surface area contributed by atoms with Crippen molar-refractivity contribution in [2.45, 2.75) is 45.1 Å². The van der Waals surface area contributed by atoms with E-state index in [1.54, 1.807) is 0 Å². The van der Waals surface area contributed by atoms with E-state index in [1.807, 2.05) is 0 Å². The zero-order chi connectivity index (χ0) is 12.8. The second kappa shape index (κ2) is 10.7. The second-order valence-electron chi connectivity index (χ2n) is 5.81. The molecule has 2 aliphatic rings. The van der Waals surface area contributed by atoms with Crippen LogP contribution in [0.2, 0.25) is 0 Å². The highest BCUT2D eigenvalue weighted by atomic mass is 35.5. The number of hydrogen-bond donors (Lipinski definition) is 2. The van der Waals surface area contributed by atoms with Crippen LogP contribution in [-0.2, 0) is 4.79 Å². The fraction of sp³-hybridized carbons (Fsp3) is 0.929. The number of halogens is 2. The molecule has 2 N–H and O–H groups in total. The molecule has 2 atom stereocenters. The Balaban J connectivity index is 0.00000180. The fourth-order valence-corrected chi connectivity index (χ4v) is 3.01. The Morgan fingerprint density at radius 3 is 2.55 bits per heavy atom. The highest BCUT2D eigenvalue weighted by Crippen LogP contribution is 2.11. The van der Waals surface area contributed by atoms with Gasteiger partial charge in [-0.3, -0.25) is 4.79 Å². The van der Waals surface area contributed by atoms with Crippen molar-refractivity contribution < 1.29 is 4.79 Å². The van der Waals surface area contributed by atoms with Crippen molar-refractivity contribution in [1.82, 2.24) is 15.5 Å². The molecule has 6 heteroatoms. The van der Waals surface area contributed by atoms with Crippen LogP contribution in [0.15, 0.2) is 0 Å². The van der Waals surface area contributed by atoms with Crippen molar-refractivity contribution in [2.75, 3.05) is 32.7 Å². The monoisotopic (exact) mass is 325 g/mol. The first-order valence-electron chi connectivity index (χ1n) is 7.49. The zero-order valence-electron chi connectivity index (χ0n) is 12.4. The summed E-state index contributed by atoms with van der Waals surface area (Å²) in [6.07, 6.45) is 6.15. The molecule has 0 saturated carbocycles. The lowest BCUT2D eigenvalue weighted by atomic mass is 9.98. The summed E-state index contributed by atoms with van der Waals surface area (Å²) >= 11 is 0. The van der Waals surface area contributed by atoms with Crippen LogP contribution in [0.25, 0.3) is 0 Å². The highest BCUT2D eigenvalue weighted by molar-refractivity contribution is 5.85. The molecule has 1 amide bonds. The molecule has 2 aliphatic heterocycles. The average Bonchev–Trinajstić information content (AvgIpc) is 2.40. The van der Waals surface area contributed by atoms with Gasteiger partial charge in [0.05, 0.1) is 5.92 Å². The van der Waals surface area contributed by atoms with Crippen molar-refractivity contribution in [3.8, 4) is 0 Å². The lowest BCUT2D eigenvalue weighted by Gasteiger charge is -2.30. The molecule has 1 unspecified atom stereocenters. The Morgan fingerprint density at radius 1 is 1.25 bits per heavy atom. The molecule has 20 heavy (non-hydrogen) atoms. The number of amides is 1. The van der Waals surface area contributed by atoms with Crippen LogP contribution in [0.1, 0.15) is 39.0 Å². The average molecular weight is 326 g/mol. The molecule has 0 aromatic rings. The zero-order valence-corrected chi connectivity index (χ0v) is 14.0. The van der Waals surface area contributed by atoms with Gasteiger partial charge in [0.25, 0.3) is 0 Å². The summed E-state index contributed by atoms with van der Waals surface area (Å²) in [6.45, 7) is 7.44. The van der Waals surface area contributed by atoms with E-state index in [0.717, 1.165) is 32.5 Å². The molecule has 0 aromatic carbocycles. The molecule has 2 fully saturated rings. The van der Waals surface area contributed by atoms with Crippen LogP contribution in [0.3, 0.4) is 0 Å². The van der Waals surface area contributed by atoms with Crippen molar-refractivity contribution in [1.29, 1.82) is 0 Å². The van der Waals surface area contributed by atoms with Crippen molar-refractivity contribution in [3.63, 3.8) is 0 Å². The normalized spacial score (nSPS) is 24.9. The predicted molar refractivity (Wildman–Crippen MR) is 88.0 cm³/mol. The highest BCUT2D eigenvalue weighted by Gasteiger charge is 2.22. The lowest BCUT2D eigenvalue weighted by molar-refractivity contribution is -0.126. The Hall–Kier alpha value is -0.0300. The number of piperidine rings is 2. The fourth-order valence-electron chi connectivity index (χ4n) is 3.01. The van der Waals surface area contributed by atoms with E-state index >= 15 is 0 Å². The molecule has 0 spiro atoms. The molecule has 2 rings (SSSR count). The number of carbonyl (C=O) groups excluding carboxylic acids is 1. The summed E-state index contributed by atoms with van der Waals surface area (Å²) in [6, 6.07) is 0.275. The SMILES string of the molecule is CC(CN1CCCCC1)NC(=O)[C@@H]1CCCNC1.Cl.Cl. The molecule has 0 aliphatic carbocycles. The number of nitrogens with one attached hydrogen (secondary N) is 2. The van der Waals surface area contributed by atoms with Crippen molar-refractivity contribution in [3.05, 3.63) is 0 Å². The predicted octanol–water partition coefficient (Wildman–Crippen LogP) is 1.82. The maximum absolute atomic E-state index is 12.1. The molecule has 2 saturated heterocycles. The Kier molecular flexibility index (Phi) is 10.6. The molecule has 0 radical (unpaired) electrons. The maximum Gasteiger partial charge on any atom is 0.224 e. The third-order valence-electron chi connectivity index (χ3n) is 4.04. The largest absolute Gasteiger partial charge is 0.352 e. The summed E-state index contributed by atoms with van der Waals surface area (Å²) in [5, 5.41) is 6.48. The smallest absolute Gasteiger partial charge is 0.224 e. The Bertz CT molecular complexity index is 267. The van der Waals surface area contributed by atoms with Gasteiger partial charge in [-0.15, -0.1) is 24.8 Å². The molecule has 4 nitrogen and oxygen atoms in total. The Labute approximate surface area is 135 Å². The van der Waals surface area contributed by atoms with Gasteiger partial charge in [-0.1, -0.05) is 6.42 Å². The molecular weight excluding hydrogens is 297 g/mol. The van der Waals surface area contributed by atoms with Gasteiger partial charge >= 0.3 is 0 Å². The van der Waals surface area contributed by atoms with Gasteiger partial charge < -0.3 is 15.5 Å². The van der Waals surface area contributed by atoms with Gasteiger partial charge in [-0.25, -0.2) is 0 Å². The van der Waals surface area contributed by atoms with Crippen LogP contribution in [0.4, 0.5) is 0 Å². The van der Waals surface area contributed by atoms with E-state index in [9.17, 15) is 4.79 Å². The number of hydrogen-bond acceptors (Lipinski definition) is 3. The van der Waals surface area contributed by atoms with Gasteiger partial charge in [0.1, 0.15) is 0 Å². The first-order chi connectivity index (χ1) is 8.75. The van der Waals surface area contributed by atoms with Crippen LogP contribution < -0.4 is 10.6 Å². The Morgan fingerprint density at radius 2 is 1.95 bits per heavy atom. The maximum atomic E-state index is 12.1. The molecule has 0 aromatic heterocycles. The second-order valence-corrected chi connectivity index (χ2v) is 5.81. The van der Waals surface area contributed by atoms with Crippen LogP contribution in [-0.4, -0.2) is 49.6 Å². The quantitative estimate of drug-likeness (QED) is 0.828. The minimum absolute atomic E-state index is 0. The summed E-state index contributed by atoms with van der Waals surface area (Å²) in [7, 11) is 0. The van der Waals surface area contributed by atoms with E-state index in [0.29, 0.717) is 0 Å². The molecule has 0 bridgehead atoms. The van der Waals surface area contributed by atoms with Gasteiger partial charge in [0, 0.05) is 19.1 Å². The number of rotatable bonds is 4. The lowest BCUT2D eigenvalue weighted by Crippen LogP contribution is -2.48. The van der Waals surface area contributed by atoms with Gasteiger partial charge in [-0.05, 0) is 52.2 Å². The summed E-state index contributed by atoms with van der Waals surface area (Å²) in [5.41, 5.74) is 0. The van der Waals surface area contributed by atoms with E-state index in [2.05, 4.69) is 22.5 Å². The topological polar surface area (TPSA) is 44.4 Å². The molecule has 120 valence electrons. The van der Waals surface area contributed by atoms with Gasteiger partial charge in [0.2, 0.25) is 5.91 Å². The first-order valence-corrected chi connectivity index (χ1v) is 7.49. The van der Waals surface area contributed by atoms with Crippen molar-refractivity contribution >= 4 is 30.7 Å². The molecular formula is C14H29Cl2N3O. The number of nitrogens with zero attached hydrogens (tertiary/aromatic N) is 1. The summed E-state index contributed by atoms with van der Waals surface area (Å²) < 4.78 is 0. The minimum Gasteiger partial charge on any atom is -0.352 e. The number of likely N-dealkylation sites (tertiary alicyclic amines) is 1. The van der Waals surface area contributed by atoms with E-state index < -0.39 is 0 Å². The third-order valence-corrected chi connectivity index (χ3v) is 4.04. The standard InChI is InChI=1S/C14H27N3O.2ClH/c1-12(11-17-8-3-2-4-9-17)16-14(18)13-6-5-7-15-10-13;;/h12-13,15H,2-11H2,1H3,(H,16,18);2*1H/t12?,13-;;/m1../s1. The molecule has 2 heterocycles. The van der Waals surface area contributed by atoms with E-state index in [-0.39, 0.29) is 42.7 Å². The van der Waals surface area contributed by atoms with Gasteiger partial charge in [-0.2, -0.15) is 0 Å². The third kappa shape index (κ3) is 6.61. The van der Waals surface area contributed by atoms with Crippen LogP contribution in [0.5, 0.6) is 0 Å². The van der Waals surface area contributed by atoms with Gasteiger partial charge in [0.15, 0.2) is 0 Å². The number of carbonyl (C=O) groups is 1. The summed E-state index contributed by atoms with van der Waals surface area (Å²) in [5.74, 6) is 0.425. The van der Waals surface area contributed by atoms with E-state index in [4.69, 9.17) is 0 Å². The van der Waals surface area contributed by atoms with E-state index in [1.165, 1.54) is 32.4 Å². The summed E-state index contributed by atoms with van der Waals surface area (Å²) in [4.78, 5) is 14.6.